The normalized spacial score (nSPS) is 18.6. The molecule has 1 atom stereocenters. The number of hydrogen-bond donors (Lipinski definition) is 4. The highest BCUT2D eigenvalue weighted by molar-refractivity contribution is 7.92. The van der Waals surface area contributed by atoms with Crippen LogP contribution in [0, 0.1) is 0 Å². The molecular weight excluding hydrogens is 500 g/mol. The second kappa shape index (κ2) is 13.5. The van der Waals surface area contributed by atoms with Gasteiger partial charge in [0.2, 0.25) is 10.0 Å². The number of rotatable bonds is 13. The number of sulfonamides is 1. The van der Waals surface area contributed by atoms with Crippen molar-refractivity contribution in [2.45, 2.75) is 50.7 Å². The summed E-state index contributed by atoms with van der Waals surface area (Å²) in [7, 11) is -3.55. The molecule has 0 unspecified atom stereocenters. The molecule has 0 radical (unpaired) electrons. The van der Waals surface area contributed by atoms with E-state index in [2.05, 4.69) is 10.0 Å². The number of hydrogen-bond acceptors (Lipinski definition) is 9. The zero-order valence-electron chi connectivity index (χ0n) is 21.2. The minimum Gasteiger partial charge on any atom is -0.506 e. The minimum atomic E-state index is -3.55. The van der Waals surface area contributed by atoms with E-state index in [1.165, 1.54) is 23.8 Å². The molecule has 0 amide bonds. The van der Waals surface area contributed by atoms with Gasteiger partial charge in [-0.3, -0.25) is 4.72 Å². The Balaban J connectivity index is 1.37. The van der Waals surface area contributed by atoms with Crippen molar-refractivity contribution in [2.24, 2.45) is 0 Å². The van der Waals surface area contributed by atoms with Gasteiger partial charge in [0.15, 0.2) is 6.61 Å². The highest BCUT2D eigenvalue weighted by atomic mass is 32.2. The first-order chi connectivity index (χ1) is 17.6. The molecule has 10 nitrogen and oxygen atoms in total. The summed E-state index contributed by atoms with van der Waals surface area (Å²) in [6.07, 6.45) is 4.26. The van der Waals surface area contributed by atoms with Crippen LogP contribution in [0.4, 0.5) is 5.69 Å². The first-order valence-corrected chi connectivity index (χ1v) is 14.3. The molecule has 0 heterocycles. The third-order valence-electron chi connectivity index (χ3n) is 6.09. The fourth-order valence-corrected chi connectivity index (χ4v) is 4.82. The Morgan fingerprint density at radius 1 is 1.05 bits per heavy atom. The van der Waals surface area contributed by atoms with E-state index in [-0.39, 0.29) is 30.6 Å². The fourth-order valence-electron chi connectivity index (χ4n) is 4.25. The maximum atomic E-state index is 11.4. The van der Waals surface area contributed by atoms with Crippen LogP contribution in [0.1, 0.15) is 44.1 Å². The van der Waals surface area contributed by atoms with E-state index in [0.717, 1.165) is 31.9 Å². The summed E-state index contributed by atoms with van der Waals surface area (Å²) in [6, 6.07) is 12.3. The average molecular weight is 537 g/mol. The molecule has 2 aromatic carbocycles. The molecule has 11 heteroatoms. The number of anilines is 1. The Hall–Kier alpha value is -3.02. The number of esters is 1. The number of carbonyl (C=O) groups excluding carboxylic acids is 1. The van der Waals surface area contributed by atoms with Gasteiger partial charge in [0.1, 0.15) is 30.0 Å². The van der Waals surface area contributed by atoms with E-state index in [1.54, 1.807) is 6.92 Å². The molecule has 1 aliphatic carbocycles. The predicted molar refractivity (Wildman–Crippen MR) is 140 cm³/mol. The first-order valence-electron chi connectivity index (χ1n) is 12.4. The molecule has 0 bridgehead atoms. The highest BCUT2D eigenvalue weighted by Gasteiger charge is 2.23. The predicted octanol–water partition coefficient (Wildman–Crippen LogP) is 2.76. The molecule has 1 fully saturated rings. The van der Waals surface area contributed by atoms with Crippen LogP contribution in [0.25, 0.3) is 0 Å². The Morgan fingerprint density at radius 3 is 2.38 bits per heavy atom. The quantitative estimate of drug-likeness (QED) is 0.224. The Morgan fingerprint density at radius 2 is 1.73 bits per heavy atom. The molecule has 2 aromatic rings. The average Bonchev–Trinajstić information content (AvgIpc) is 2.87. The monoisotopic (exact) mass is 536 g/mol. The van der Waals surface area contributed by atoms with Crippen LogP contribution < -0.4 is 19.5 Å². The summed E-state index contributed by atoms with van der Waals surface area (Å²) < 4.78 is 40.9. The summed E-state index contributed by atoms with van der Waals surface area (Å²) in [5.41, 5.74) is 1.26. The number of phenolic OH excluding ortho intramolecular Hbond substituents is 1. The summed E-state index contributed by atoms with van der Waals surface area (Å²) >= 11 is 0. The van der Waals surface area contributed by atoms with Crippen molar-refractivity contribution in [3.63, 3.8) is 0 Å². The van der Waals surface area contributed by atoms with Gasteiger partial charge in [-0.05, 0) is 68.4 Å². The van der Waals surface area contributed by atoms with Crippen LogP contribution in [0.5, 0.6) is 17.2 Å². The van der Waals surface area contributed by atoms with E-state index in [0.29, 0.717) is 36.6 Å². The van der Waals surface area contributed by atoms with E-state index in [1.807, 2.05) is 24.3 Å². The van der Waals surface area contributed by atoms with Crippen molar-refractivity contribution in [3.05, 3.63) is 48.0 Å². The maximum absolute atomic E-state index is 11.4. The number of nitrogens with one attached hydrogen (secondary N) is 2. The first kappa shape index (κ1) is 28.5. The molecule has 0 aliphatic heterocycles. The zero-order chi connectivity index (χ0) is 26.8. The van der Waals surface area contributed by atoms with Gasteiger partial charge in [0.25, 0.3) is 0 Å². The fraction of sp³-hybridized carbons (Fsp3) is 0.500. The molecule has 3 rings (SSSR count). The third kappa shape index (κ3) is 9.75. The lowest BCUT2D eigenvalue weighted by Crippen LogP contribution is -2.39. The van der Waals surface area contributed by atoms with Crippen LogP contribution in [-0.2, 0) is 19.6 Å². The largest absolute Gasteiger partial charge is 0.506 e. The standard InChI is InChI=1S/C26H36N2O8S/c1-3-34-26(31)17-36-22-10-6-19(7-11-22)18-4-8-20(9-5-18)27-15-21(29)16-35-23-12-13-25(30)24(14-23)28-37(2,32)33/h6-7,10-14,18,20-21,27-30H,3-5,8-9,15-17H2,1-2H3/t18?,20?,21-/m0/s1. The van der Waals surface area contributed by atoms with Crippen molar-refractivity contribution >= 4 is 21.7 Å². The van der Waals surface area contributed by atoms with Crippen molar-refractivity contribution in [2.75, 3.05) is 37.3 Å². The van der Waals surface area contributed by atoms with Crippen LogP contribution in [0.2, 0.25) is 0 Å². The van der Waals surface area contributed by atoms with Crippen molar-refractivity contribution in [1.29, 1.82) is 0 Å². The summed E-state index contributed by atoms with van der Waals surface area (Å²) in [5.74, 6) is 0.827. The summed E-state index contributed by atoms with van der Waals surface area (Å²) in [6.45, 7) is 2.38. The number of aliphatic hydroxyl groups excluding tert-OH is 1. The van der Waals surface area contributed by atoms with Gasteiger partial charge in [-0.15, -0.1) is 0 Å². The molecule has 1 saturated carbocycles. The van der Waals surface area contributed by atoms with Crippen LogP contribution >= 0.6 is 0 Å². The molecule has 0 aromatic heterocycles. The number of aliphatic hydroxyl groups is 1. The van der Waals surface area contributed by atoms with Crippen molar-refractivity contribution < 1.29 is 37.6 Å². The van der Waals surface area contributed by atoms with Gasteiger partial charge in [-0.25, -0.2) is 13.2 Å². The molecule has 1 aliphatic rings. The zero-order valence-corrected chi connectivity index (χ0v) is 22.0. The molecule has 37 heavy (non-hydrogen) atoms. The lowest BCUT2D eigenvalue weighted by atomic mass is 9.81. The number of carbonyl (C=O) groups is 1. The SMILES string of the molecule is CCOC(=O)COc1ccc(C2CCC(NC[C@H](O)COc3ccc(O)c(NS(C)(=O)=O)c3)CC2)cc1. The van der Waals surface area contributed by atoms with Gasteiger partial charge < -0.3 is 29.7 Å². The Kier molecular flexibility index (Phi) is 10.4. The lowest BCUT2D eigenvalue weighted by molar-refractivity contribution is -0.145. The highest BCUT2D eigenvalue weighted by Crippen LogP contribution is 2.33. The van der Waals surface area contributed by atoms with E-state index in [9.17, 15) is 23.4 Å². The second-order valence-corrected chi connectivity index (χ2v) is 10.9. The van der Waals surface area contributed by atoms with Gasteiger partial charge in [-0.1, -0.05) is 12.1 Å². The van der Waals surface area contributed by atoms with Crippen LogP contribution in [-0.4, -0.2) is 69.4 Å². The maximum Gasteiger partial charge on any atom is 0.344 e. The number of aromatic hydroxyl groups is 1. The molecular formula is C26H36N2O8S. The number of ether oxygens (including phenoxy) is 3. The molecule has 0 spiro atoms. The molecule has 4 N–H and O–H groups in total. The molecule has 204 valence electrons. The lowest BCUT2D eigenvalue weighted by Gasteiger charge is -2.30. The van der Waals surface area contributed by atoms with Crippen molar-refractivity contribution in [1.82, 2.24) is 5.32 Å². The Bertz CT molecular complexity index is 1120. The summed E-state index contributed by atoms with van der Waals surface area (Å²) in [5, 5.41) is 23.5. The van der Waals surface area contributed by atoms with Crippen molar-refractivity contribution in [3.8, 4) is 17.2 Å². The van der Waals surface area contributed by atoms with Gasteiger partial charge in [-0.2, -0.15) is 0 Å². The topological polar surface area (TPSA) is 143 Å². The minimum absolute atomic E-state index is 0.0169. The van der Waals surface area contributed by atoms with Gasteiger partial charge in [0.05, 0.1) is 18.6 Å². The van der Waals surface area contributed by atoms with Gasteiger partial charge in [0, 0.05) is 18.7 Å². The van der Waals surface area contributed by atoms with Crippen LogP contribution in [0.15, 0.2) is 42.5 Å². The van der Waals surface area contributed by atoms with E-state index in [4.69, 9.17) is 14.2 Å². The van der Waals surface area contributed by atoms with Crippen LogP contribution in [0.3, 0.4) is 0 Å². The second-order valence-electron chi connectivity index (χ2n) is 9.14. The van der Waals surface area contributed by atoms with Gasteiger partial charge >= 0.3 is 5.97 Å². The smallest absolute Gasteiger partial charge is 0.344 e. The Labute approximate surface area is 218 Å². The summed E-state index contributed by atoms with van der Waals surface area (Å²) in [4.78, 5) is 11.4. The van der Waals surface area contributed by atoms with E-state index < -0.39 is 16.1 Å². The third-order valence-corrected chi connectivity index (χ3v) is 6.68. The number of benzene rings is 2. The number of phenols is 1. The van der Waals surface area contributed by atoms with E-state index >= 15 is 0 Å². The molecule has 0 saturated heterocycles.